The van der Waals surface area contributed by atoms with E-state index in [1.807, 2.05) is 13.0 Å². The number of β-amino-alcohol motifs (C(OH)–C–C–N with tert-alkyl or cyclic N) is 1. The number of carbonyl (C=O) groups is 1. The van der Waals surface area contributed by atoms with Crippen molar-refractivity contribution < 1.29 is 14.6 Å². The normalized spacial score (nSPS) is 18.4. The van der Waals surface area contributed by atoms with E-state index in [0.717, 1.165) is 63.2 Å². The average Bonchev–Trinajstić information content (AvgIpc) is 2.79. The van der Waals surface area contributed by atoms with Gasteiger partial charge in [0.2, 0.25) is 0 Å². The number of carbonyl (C=O) groups excluding carboxylic acids is 1. The second-order valence-corrected chi connectivity index (χ2v) is 8.87. The second kappa shape index (κ2) is 10.4. The number of amides is 1. The van der Waals surface area contributed by atoms with Gasteiger partial charge in [0, 0.05) is 56.8 Å². The van der Waals surface area contributed by atoms with E-state index in [0.29, 0.717) is 18.0 Å². The third-order valence-corrected chi connectivity index (χ3v) is 6.42. The molecule has 3 heterocycles. The summed E-state index contributed by atoms with van der Waals surface area (Å²) in [7, 11) is 0. The van der Waals surface area contributed by atoms with Crippen molar-refractivity contribution in [3.05, 3.63) is 64.5 Å². The molecular formula is C25H33N3O3. The number of aliphatic hydroxyl groups is 1. The molecule has 2 aromatic rings. The van der Waals surface area contributed by atoms with Gasteiger partial charge in [0.25, 0.3) is 5.91 Å². The monoisotopic (exact) mass is 423 g/mol. The molecule has 0 unspecified atom stereocenters. The van der Waals surface area contributed by atoms with Crippen LogP contribution < -0.4 is 5.32 Å². The van der Waals surface area contributed by atoms with Gasteiger partial charge in [-0.3, -0.25) is 14.7 Å². The van der Waals surface area contributed by atoms with Crippen LogP contribution in [0.5, 0.6) is 0 Å². The molecule has 0 aliphatic carbocycles. The number of hydrogen-bond acceptors (Lipinski definition) is 5. The van der Waals surface area contributed by atoms with Crippen LogP contribution in [0.2, 0.25) is 0 Å². The molecule has 6 nitrogen and oxygen atoms in total. The topological polar surface area (TPSA) is 74.7 Å². The first-order chi connectivity index (χ1) is 15.1. The summed E-state index contributed by atoms with van der Waals surface area (Å²) in [4.78, 5) is 19.6. The summed E-state index contributed by atoms with van der Waals surface area (Å²) in [5.74, 6) is 0.424. The highest BCUT2D eigenvalue weighted by molar-refractivity contribution is 5.95. The number of nitrogens with one attached hydrogen (secondary N) is 1. The molecule has 4 rings (SSSR count). The van der Waals surface area contributed by atoms with Crippen LogP contribution >= 0.6 is 0 Å². The minimum Gasteiger partial charge on any atom is -0.390 e. The molecule has 6 heteroatoms. The van der Waals surface area contributed by atoms with Crippen molar-refractivity contribution in [3.8, 4) is 0 Å². The highest BCUT2D eigenvalue weighted by atomic mass is 16.5. The van der Waals surface area contributed by atoms with Gasteiger partial charge in [-0.05, 0) is 61.3 Å². The molecule has 0 saturated carbocycles. The molecular weight excluding hydrogens is 390 g/mol. The van der Waals surface area contributed by atoms with E-state index in [4.69, 9.17) is 4.74 Å². The smallest absolute Gasteiger partial charge is 0.251 e. The Bertz CT molecular complexity index is 895. The summed E-state index contributed by atoms with van der Waals surface area (Å²) >= 11 is 0. The lowest BCUT2D eigenvalue weighted by Crippen LogP contribution is -2.42. The Morgan fingerprint density at radius 1 is 1.29 bits per heavy atom. The molecule has 2 aliphatic heterocycles. The van der Waals surface area contributed by atoms with Gasteiger partial charge < -0.3 is 15.2 Å². The molecule has 0 radical (unpaired) electrons. The van der Waals surface area contributed by atoms with Crippen LogP contribution in [0.4, 0.5) is 0 Å². The number of hydrogen-bond donors (Lipinski definition) is 2. The van der Waals surface area contributed by atoms with Crippen molar-refractivity contribution in [2.24, 2.45) is 5.92 Å². The minimum atomic E-state index is -0.599. The number of ether oxygens (including phenoxy) is 1. The number of aliphatic hydroxyl groups excluding tert-OH is 1. The quantitative estimate of drug-likeness (QED) is 0.716. The van der Waals surface area contributed by atoms with Crippen LogP contribution in [0.15, 0.2) is 36.5 Å². The summed E-state index contributed by atoms with van der Waals surface area (Å²) in [6, 6.07) is 10.4. The Balaban J connectivity index is 1.28. The van der Waals surface area contributed by atoms with E-state index in [1.165, 1.54) is 11.1 Å². The zero-order valence-corrected chi connectivity index (χ0v) is 18.3. The number of aryl methyl sites for hydroxylation is 1. The molecule has 2 aliphatic rings. The standard InChI is InChI=1S/C25H33N3O3/c1-18-14-26-22(12-19-7-10-31-11-8-19)13-24(18)25(30)27-15-23(29)17-28-9-6-20-4-2-3-5-21(20)16-28/h2-5,13-14,19,23,29H,6-12,15-17H2,1H3,(H,27,30)/t23-/m0/s1. The molecule has 1 aromatic heterocycles. The summed E-state index contributed by atoms with van der Waals surface area (Å²) < 4.78 is 5.43. The summed E-state index contributed by atoms with van der Waals surface area (Å²) in [5, 5.41) is 13.4. The zero-order chi connectivity index (χ0) is 21.6. The van der Waals surface area contributed by atoms with E-state index in [9.17, 15) is 9.90 Å². The third-order valence-electron chi connectivity index (χ3n) is 6.42. The molecule has 1 amide bonds. The maximum absolute atomic E-state index is 12.8. The van der Waals surface area contributed by atoms with E-state index < -0.39 is 6.10 Å². The maximum Gasteiger partial charge on any atom is 0.251 e. The van der Waals surface area contributed by atoms with Gasteiger partial charge in [-0.25, -0.2) is 0 Å². The Hall–Kier alpha value is -2.28. The first kappa shape index (κ1) is 21.9. The van der Waals surface area contributed by atoms with Gasteiger partial charge in [-0.15, -0.1) is 0 Å². The molecule has 1 fully saturated rings. The van der Waals surface area contributed by atoms with E-state index in [1.54, 1.807) is 6.20 Å². The largest absolute Gasteiger partial charge is 0.390 e. The van der Waals surface area contributed by atoms with Crippen LogP contribution in [0.1, 0.15) is 45.6 Å². The van der Waals surface area contributed by atoms with Gasteiger partial charge in [0.15, 0.2) is 0 Å². The SMILES string of the molecule is Cc1cnc(CC2CCOCC2)cc1C(=O)NC[C@H](O)CN1CCc2ccccc2C1. The Labute approximate surface area is 184 Å². The van der Waals surface area contributed by atoms with E-state index in [-0.39, 0.29) is 12.5 Å². The number of benzene rings is 1. The van der Waals surface area contributed by atoms with Crippen LogP contribution in [-0.4, -0.2) is 59.8 Å². The maximum atomic E-state index is 12.8. The first-order valence-electron chi connectivity index (χ1n) is 11.4. The molecule has 1 saturated heterocycles. The molecule has 1 aromatic carbocycles. The molecule has 2 N–H and O–H groups in total. The van der Waals surface area contributed by atoms with E-state index in [2.05, 4.69) is 39.5 Å². The average molecular weight is 424 g/mol. The fraction of sp³-hybridized carbons (Fsp3) is 0.520. The van der Waals surface area contributed by atoms with Gasteiger partial charge in [-0.1, -0.05) is 24.3 Å². The predicted octanol–water partition coefficient (Wildman–Crippen LogP) is 2.51. The third kappa shape index (κ3) is 5.91. The molecule has 31 heavy (non-hydrogen) atoms. The highest BCUT2D eigenvalue weighted by Gasteiger charge is 2.20. The molecule has 0 bridgehead atoms. The van der Waals surface area contributed by atoms with Crippen molar-refractivity contribution in [2.45, 2.75) is 45.3 Å². The van der Waals surface area contributed by atoms with Crippen molar-refractivity contribution in [1.29, 1.82) is 0 Å². The summed E-state index contributed by atoms with van der Waals surface area (Å²) in [5.41, 5.74) is 5.18. The van der Waals surface area contributed by atoms with Gasteiger partial charge in [0.05, 0.1) is 6.10 Å². The Kier molecular flexibility index (Phi) is 7.33. The number of pyridine rings is 1. The predicted molar refractivity (Wildman–Crippen MR) is 120 cm³/mol. The number of rotatable bonds is 7. The molecule has 1 atom stereocenters. The summed E-state index contributed by atoms with van der Waals surface area (Å²) in [6.45, 7) is 6.10. The Morgan fingerprint density at radius 2 is 2.06 bits per heavy atom. The van der Waals surface area contributed by atoms with Crippen LogP contribution in [0.25, 0.3) is 0 Å². The molecule has 166 valence electrons. The lowest BCUT2D eigenvalue weighted by Gasteiger charge is -2.30. The van der Waals surface area contributed by atoms with E-state index >= 15 is 0 Å². The minimum absolute atomic E-state index is 0.142. The first-order valence-corrected chi connectivity index (χ1v) is 11.4. The van der Waals surface area contributed by atoms with Gasteiger partial charge >= 0.3 is 0 Å². The van der Waals surface area contributed by atoms with Crippen molar-refractivity contribution in [3.63, 3.8) is 0 Å². The lowest BCUT2D eigenvalue weighted by atomic mass is 9.94. The fourth-order valence-electron chi connectivity index (χ4n) is 4.55. The van der Waals surface area contributed by atoms with Gasteiger partial charge in [0.1, 0.15) is 0 Å². The van der Waals surface area contributed by atoms with Crippen molar-refractivity contribution >= 4 is 5.91 Å². The Morgan fingerprint density at radius 3 is 2.87 bits per heavy atom. The second-order valence-electron chi connectivity index (χ2n) is 8.87. The van der Waals surface area contributed by atoms with Crippen LogP contribution in [0.3, 0.4) is 0 Å². The highest BCUT2D eigenvalue weighted by Crippen LogP contribution is 2.21. The van der Waals surface area contributed by atoms with Crippen molar-refractivity contribution in [1.82, 2.24) is 15.2 Å². The fourth-order valence-corrected chi connectivity index (χ4v) is 4.55. The number of aromatic nitrogens is 1. The summed E-state index contributed by atoms with van der Waals surface area (Å²) in [6.07, 6.45) is 5.15. The van der Waals surface area contributed by atoms with Crippen LogP contribution in [0, 0.1) is 12.8 Å². The zero-order valence-electron chi connectivity index (χ0n) is 18.3. The number of fused-ring (bicyclic) bond motifs is 1. The van der Waals surface area contributed by atoms with Crippen molar-refractivity contribution in [2.75, 3.05) is 32.8 Å². The molecule has 0 spiro atoms. The van der Waals surface area contributed by atoms with Crippen LogP contribution in [-0.2, 0) is 24.1 Å². The van der Waals surface area contributed by atoms with Gasteiger partial charge in [-0.2, -0.15) is 0 Å². The lowest BCUT2D eigenvalue weighted by molar-refractivity contribution is 0.0662. The number of nitrogens with zero attached hydrogens (tertiary/aromatic N) is 2.